The van der Waals surface area contributed by atoms with Crippen LogP contribution in [-0.2, 0) is 10.5 Å². The van der Waals surface area contributed by atoms with Crippen molar-refractivity contribution in [3.05, 3.63) is 45.5 Å². The molecule has 1 amide bonds. The summed E-state index contributed by atoms with van der Waals surface area (Å²) in [6, 6.07) is 5.47. The molecule has 1 aliphatic carbocycles. The Kier molecular flexibility index (Phi) is 7.64. The van der Waals surface area contributed by atoms with E-state index in [1.165, 1.54) is 43.0 Å². The lowest BCUT2D eigenvalue weighted by molar-refractivity contribution is -0.118. The summed E-state index contributed by atoms with van der Waals surface area (Å²) in [7, 11) is 0. The Balaban J connectivity index is 1.64. The molecule has 0 heterocycles. The fraction of sp³-hybridized carbons (Fsp3) is 0.471. The molecule has 0 unspecified atom stereocenters. The molecule has 120 valence electrons. The average Bonchev–Trinajstić information content (AvgIpc) is 2.51. The number of allylic oxidation sites excluding steroid dienone is 1. The molecular formula is C17H21Cl2NOS. The van der Waals surface area contributed by atoms with Crippen LogP contribution < -0.4 is 5.32 Å². The van der Waals surface area contributed by atoms with Gasteiger partial charge in [0.15, 0.2) is 0 Å². The second-order valence-electron chi connectivity index (χ2n) is 5.40. The highest BCUT2D eigenvalue weighted by Gasteiger charge is 2.08. The highest BCUT2D eigenvalue weighted by Crippen LogP contribution is 2.28. The monoisotopic (exact) mass is 357 g/mol. The number of carbonyl (C=O) groups is 1. The number of rotatable bonds is 7. The molecule has 1 aromatic carbocycles. The van der Waals surface area contributed by atoms with Crippen LogP contribution >= 0.6 is 35.0 Å². The van der Waals surface area contributed by atoms with Crippen molar-refractivity contribution in [2.75, 3.05) is 12.3 Å². The second kappa shape index (κ2) is 9.49. The Morgan fingerprint density at radius 2 is 2.00 bits per heavy atom. The van der Waals surface area contributed by atoms with Crippen LogP contribution in [-0.4, -0.2) is 18.2 Å². The van der Waals surface area contributed by atoms with Crippen LogP contribution in [0, 0.1) is 0 Å². The van der Waals surface area contributed by atoms with Crippen molar-refractivity contribution in [3.8, 4) is 0 Å². The van der Waals surface area contributed by atoms with Crippen molar-refractivity contribution in [3.63, 3.8) is 0 Å². The van der Waals surface area contributed by atoms with Gasteiger partial charge in [-0.2, -0.15) is 0 Å². The van der Waals surface area contributed by atoms with Crippen molar-refractivity contribution < 1.29 is 4.79 Å². The van der Waals surface area contributed by atoms with E-state index >= 15 is 0 Å². The zero-order chi connectivity index (χ0) is 15.8. The number of thioether (sulfide) groups is 1. The quantitative estimate of drug-likeness (QED) is 0.676. The molecule has 0 radical (unpaired) electrons. The smallest absolute Gasteiger partial charge is 0.230 e. The molecule has 0 atom stereocenters. The van der Waals surface area contributed by atoms with E-state index in [0.717, 1.165) is 18.5 Å². The maximum absolute atomic E-state index is 11.8. The Bertz CT molecular complexity index is 525. The van der Waals surface area contributed by atoms with Crippen molar-refractivity contribution in [2.45, 2.75) is 37.9 Å². The number of nitrogens with one attached hydrogen (secondary N) is 1. The summed E-state index contributed by atoms with van der Waals surface area (Å²) in [5.41, 5.74) is 2.39. The normalized spacial score (nSPS) is 14.5. The maximum Gasteiger partial charge on any atom is 0.230 e. The zero-order valence-electron chi connectivity index (χ0n) is 12.5. The van der Waals surface area contributed by atoms with Crippen LogP contribution in [0.3, 0.4) is 0 Å². The molecule has 1 aromatic rings. The Labute approximate surface area is 146 Å². The lowest BCUT2D eigenvalue weighted by Gasteiger charge is -2.13. The first-order valence-electron chi connectivity index (χ1n) is 7.62. The Hall–Kier alpha value is -0.640. The highest BCUT2D eigenvalue weighted by molar-refractivity contribution is 7.99. The van der Waals surface area contributed by atoms with Gasteiger partial charge in [0, 0.05) is 22.3 Å². The minimum atomic E-state index is 0.0737. The molecule has 0 saturated carbocycles. The van der Waals surface area contributed by atoms with Gasteiger partial charge in [0.05, 0.1) is 5.75 Å². The summed E-state index contributed by atoms with van der Waals surface area (Å²) < 4.78 is 0. The van der Waals surface area contributed by atoms with Gasteiger partial charge >= 0.3 is 0 Å². The van der Waals surface area contributed by atoms with E-state index in [2.05, 4.69) is 11.4 Å². The molecule has 1 N–H and O–H groups in total. The van der Waals surface area contributed by atoms with Crippen LogP contribution in [0.1, 0.15) is 37.7 Å². The number of hydrogen-bond donors (Lipinski definition) is 1. The van der Waals surface area contributed by atoms with Crippen LogP contribution in [0.4, 0.5) is 0 Å². The van der Waals surface area contributed by atoms with Crippen LogP contribution in [0.25, 0.3) is 0 Å². The van der Waals surface area contributed by atoms with Gasteiger partial charge in [0.25, 0.3) is 0 Å². The first-order valence-corrected chi connectivity index (χ1v) is 9.53. The standard InChI is InChI=1S/C17H21Cl2NOS/c18-15-7-4-8-16(19)14(15)11-22-12-17(21)20-10-9-13-5-2-1-3-6-13/h4-5,7-8H,1-3,6,9-12H2,(H,20,21). The van der Waals surface area contributed by atoms with Gasteiger partial charge in [0.2, 0.25) is 5.91 Å². The number of benzene rings is 1. The lowest BCUT2D eigenvalue weighted by Crippen LogP contribution is -2.26. The molecule has 5 heteroatoms. The second-order valence-corrected chi connectivity index (χ2v) is 7.20. The number of carbonyl (C=O) groups excluding carboxylic acids is 1. The van der Waals surface area contributed by atoms with E-state index in [-0.39, 0.29) is 5.91 Å². The van der Waals surface area contributed by atoms with Crippen molar-refractivity contribution in [2.24, 2.45) is 0 Å². The molecule has 22 heavy (non-hydrogen) atoms. The topological polar surface area (TPSA) is 29.1 Å². The van der Waals surface area contributed by atoms with E-state index < -0.39 is 0 Å². The molecule has 0 aromatic heterocycles. The predicted octanol–water partition coefficient (Wildman–Crippen LogP) is 5.23. The number of hydrogen-bond acceptors (Lipinski definition) is 2. The van der Waals surface area contributed by atoms with E-state index in [1.807, 2.05) is 18.2 Å². The average molecular weight is 358 g/mol. The van der Waals surface area contributed by atoms with Gasteiger partial charge in [-0.3, -0.25) is 4.79 Å². The van der Waals surface area contributed by atoms with E-state index in [9.17, 15) is 4.79 Å². The summed E-state index contributed by atoms with van der Waals surface area (Å²) in [5.74, 6) is 1.15. The third-order valence-electron chi connectivity index (χ3n) is 3.69. The van der Waals surface area contributed by atoms with Gasteiger partial charge in [-0.25, -0.2) is 0 Å². The van der Waals surface area contributed by atoms with E-state index in [1.54, 1.807) is 0 Å². The minimum absolute atomic E-state index is 0.0737. The predicted molar refractivity (Wildman–Crippen MR) is 96.8 cm³/mol. The molecule has 2 nitrogen and oxygen atoms in total. The van der Waals surface area contributed by atoms with Crippen LogP contribution in [0.5, 0.6) is 0 Å². The molecule has 0 aliphatic heterocycles. The first kappa shape index (κ1) is 17.7. The van der Waals surface area contributed by atoms with E-state index in [0.29, 0.717) is 21.6 Å². The summed E-state index contributed by atoms with van der Waals surface area (Å²) >= 11 is 13.8. The Morgan fingerprint density at radius 1 is 1.23 bits per heavy atom. The van der Waals surface area contributed by atoms with Crippen molar-refractivity contribution in [1.29, 1.82) is 0 Å². The summed E-state index contributed by atoms with van der Waals surface area (Å²) in [6.45, 7) is 0.734. The summed E-state index contributed by atoms with van der Waals surface area (Å²) in [5, 5.41) is 4.29. The van der Waals surface area contributed by atoms with Gasteiger partial charge in [-0.05, 0) is 49.8 Å². The van der Waals surface area contributed by atoms with Crippen molar-refractivity contribution >= 4 is 40.9 Å². The number of amides is 1. The molecule has 1 aliphatic rings. The summed E-state index contributed by atoms with van der Waals surface area (Å²) in [6.07, 6.45) is 8.27. The number of halogens is 2. The largest absolute Gasteiger partial charge is 0.355 e. The third-order valence-corrected chi connectivity index (χ3v) is 5.36. The third kappa shape index (κ3) is 5.86. The maximum atomic E-state index is 11.8. The van der Waals surface area contributed by atoms with Gasteiger partial charge < -0.3 is 5.32 Å². The van der Waals surface area contributed by atoms with E-state index in [4.69, 9.17) is 23.2 Å². The molecule has 0 bridgehead atoms. The first-order chi connectivity index (χ1) is 10.7. The van der Waals surface area contributed by atoms with Gasteiger partial charge in [-0.15, -0.1) is 11.8 Å². The van der Waals surface area contributed by atoms with Crippen LogP contribution in [0.15, 0.2) is 29.8 Å². The molecule has 2 rings (SSSR count). The van der Waals surface area contributed by atoms with Crippen molar-refractivity contribution in [1.82, 2.24) is 5.32 Å². The van der Waals surface area contributed by atoms with Gasteiger partial charge in [-0.1, -0.05) is 40.9 Å². The minimum Gasteiger partial charge on any atom is -0.355 e. The van der Waals surface area contributed by atoms with Crippen LogP contribution in [0.2, 0.25) is 10.0 Å². The Morgan fingerprint density at radius 3 is 2.68 bits per heavy atom. The molecule has 0 spiro atoms. The molecule has 0 saturated heterocycles. The SMILES string of the molecule is O=C(CSCc1c(Cl)cccc1Cl)NCCC1=CCCCC1. The van der Waals surface area contributed by atoms with Gasteiger partial charge in [0.1, 0.15) is 0 Å². The lowest BCUT2D eigenvalue weighted by atomic mass is 9.97. The zero-order valence-corrected chi connectivity index (χ0v) is 14.9. The molecule has 0 fully saturated rings. The molecular weight excluding hydrogens is 337 g/mol. The fourth-order valence-corrected chi connectivity index (χ4v) is 4.06. The fourth-order valence-electron chi connectivity index (χ4n) is 2.46. The summed E-state index contributed by atoms with van der Waals surface area (Å²) in [4.78, 5) is 11.8. The highest BCUT2D eigenvalue weighted by atomic mass is 35.5.